The third kappa shape index (κ3) is 2.24. The highest BCUT2D eigenvalue weighted by atomic mass is 35.5. The monoisotopic (exact) mass is 210 g/mol. The van der Waals surface area contributed by atoms with Crippen LogP contribution in [-0.2, 0) is 0 Å². The average molecular weight is 211 g/mol. The minimum absolute atomic E-state index is 0.563. The molecular formula is C11H15ClN2. The number of hydrogen-bond donors (Lipinski definition) is 0. The van der Waals surface area contributed by atoms with Gasteiger partial charge in [0, 0.05) is 11.6 Å². The van der Waals surface area contributed by atoms with E-state index < -0.39 is 0 Å². The zero-order chi connectivity index (χ0) is 9.97. The number of aromatic nitrogens is 2. The second-order valence-corrected chi connectivity index (χ2v) is 4.62. The van der Waals surface area contributed by atoms with E-state index in [9.17, 15) is 0 Å². The number of nitrogens with zero attached hydrogens (tertiary/aromatic N) is 2. The standard InChI is InChI=1S/C11H15ClN2/c1-8-3-2-4-9(5-8)10-6-11(12)14-7-13-10/h6-9H,2-5H2,1H3. The maximum atomic E-state index is 5.85. The topological polar surface area (TPSA) is 25.8 Å². The van der Waals surface area contributed by atoms with Crippen LogP contribution in [-0.4, -0.2) is 9.97 Å². The molecule has 1 aliphatic rings. The molecule has 0 spiro atoms. The van der Waals surface area contributed by atoms with Crippen LogP contribution in [0.15, 0.2) is 12.4 Å². The summed E-state index contributed by atoms with van der Waals surface area (Å²) in [6, 6.07) is 1.91. The van der Waals surface area contributed by atoms with E-state index in [1.54, 1.807) is 6.33 Å². The van der Waals surface area contributed by atoms with Gasteiger partial charge in [0.05, 0.1) is 0 Å². The highest BCUT2D eigenvalue weighted by molar-refractivity contribution is 6.29. The lowest BCUT2D eigenvalue weighted by Gasteiger charge is -2.26. The van der Waals surface area contributed by atoms with Crippen molar-refractivity contribution in [2.45, 2.75) is 38.5 Å². The molecule has 2 atom stereocenters. The molecule has 0 aliphatic heterocycles. The molecule has 0 bridgehead atoms. The van der Waals surface area contributed by atoms with Gasteiger partial charge < -0.3 is 0 Å². The summed E-state index contributed by atoms with van der Waals surface area (Å²) < 4.78 is 0. The van der Waals surface area contributed by atoms with Crippen LogP contribution in [0, 0.1) is 5.92 Å². The van der Waals surface area contributed by atoms with Gasteiger partial charge in [-0.25, -0.2) is 9.97 Å². The van der Waals surface area contributed by atoms with Crippen molar-refractivity contribution in [2.75, 3.05) is 0 Å². The summed E-state index contributed by atoms with van der Waals surface area (Å²) in [7, 11) is 0. The lowest BCUT2D eigenvalue weighted by Crippen LogP contribution is -2.12. The van der Waals surface area contributed by atoms with Gasteiger partial charge in [0.15, 0.2) is 0 Å². The van der Waals surface area contributed by atoms with E-state index in [4.69, 9.17) is 11.6 Å². The summed E-state index contributed by atoms with van der Waals surface area (Å²) in [4.78, 5) is 8.21. The fraction of sp³-hybridized carbons (Fsp3) is 0.636. The summed E-state index contributed by atoms with van der Waals surface area (Å²) >= 11 is 5.85. The van der Waals surface area contributed by atoms with E-state index in [0.717, 1.165) is 11.6 Å². The largest absolute Gasteiger partial charge is 0.241 e. The molecule has 2 unspecified atom stereocenters. The van der Waals surface area contributed by atoms with Crippen LogP contribution in [0.2, 0.25) is 5.15 Å². The van der Waals surface area contributed by atoms with Crippen LogP contribution in [0.5, 0.6) is 0 Å². The summed E-state index contributed by atoms with van der Waals surface area (Å²) in [5, 5.41) is 0.563. The van der Waals surface area contributed by atoms with Crippen LogP contribution in [0.4, 0.5) is 0 Å². The van der Waals surface area contributed by atoms with Crippen molar-refractivity contribution in [3.05, 3.63) is 23.2 Å². The Morgan fingerprint density at radius 1 is 1.36 bits per heavy atom. The Kier molecular flexibility index (Phi) is 3.02. The summed E-state index contributed by atoms with van der Waals surface area (Å²) in [5.74, 6) is 1.42. The average Bonchev–Trinajstić information content (AvgIpc) is 2.18. The zero-order valence-electron chi connectivity index (χ0n) is 8.41. The smallest absolute Gasteiger partial charge is 0.132 e. The minimum atomic E-state index is 0.563. The van der Waals surface area contributed by atoms with E-state index in [2.05, 4.69) is 16.9 Å². The quantitative estimate of drug-likeness (QED) is 0.664. The SMILES string of the molecule is CC1CCCC(c2cc(Cl)ncn2)C1. The molecule has 1 aromatic heterocycles. The molecule has 1 aliphatic carbocycles. The predicted molar refractivity (Wildman–Crippen MR) is 57.4 cm³/mol. The van der Waals surface area contributed by atoms with Crippen molar-refractivity contribution < 1.29 is 0 Å². The second kappa shape index (κ2) is 4.26. The first-order chi connectivity index (χ1) is 6.75. The highest BCUT2D eigenvalue weighted by Crippen LogP contribution is 2.35. The summed E-state index contributed by atoms with van der Waals surface area (Å²) in [6.07, 6.45) is 6.73. The Balaban J connectivity index is 2.14. The highest BCUT2D eigenvalue weighted by Gasteiger charge is 2.21. The molecule has 1 heterocycles. The van der Waals surface area contributed by atoms with E-state index in [1.165, 1.54) is 25.7 Å². The maximum Gasteiger partial charge on any atom is 0.132 e. The Labute approximate surface area is 89.7 Å². The van der Waals surface area contributed by atoms with Gasteiger partial charge in [-0.2, -0.15) is 0 Å². The Morgan fingerprint density at radius 2 is 2.21 bits per heavy atom. The third-order valence-electron chi connectivity index (χ3n) is 3.01. The van der Waals surface area contributed by atoms with E-state index in [1.807, 2.05) is 6.07 Å². The molecule has 0 N–H and O–H groups in total. The van der Waals surface area contributed by atoms with Crippen LogP contribution < -0.4 is 0 Å². The molecular weight excluding hydrogens is 196 g/mol. The van der Waals surface area contributed by atoms with Crippen molar-refractivity contribution in [1.82, 2.24) is 9.97 Å². The van der Waals surface area contributed by atoms with Crippen LogP contribution in [0.3, 0.4) is 0 Å². The first kappa shape index (κ1) is 9.91. The molecule has 2 rings (SSSR count). The molecule has 3 heteroatoms. The van der Waals surface area contributed by atoms with Crippen molar-refractivity contribution >= 4 is 11.6 Å². The minimum Gasteiger partial charge on any atom is -0.241 e. The Bertz CT molecular complexity index is 314. The van der Waals surface area contributed by atoms with Gasteiger partial charge in [-0.05, 0) is 24.8 Å². The lowest BCUT2D eigenvalue weighted by molar-refractivity contribution is 0.339. The molecule has 14 heavy (non-hydrogen) atoms. The Morgan fingerprint density at radius 3 is 2.93 bits per heavy atom. The van der Waals surface area contributed by atoms with Crippen LogP contribution >= 0.6 is 11.6 Å². The molecule has 0 radical (unpaired) electrons. The molecule has 0 aromatic carbocycles. The van der Waals surface area contributed by atoms with Gasteiger partial charge in [-0.3, -0.25) is 0 Å². The molecule has 1 aromatic rings. The third-order valence-corrected chi connectivity index (χ3v) is 3.22. The van der Waals surface area contributed by atoms with Gasteiger partial charge in [-0.1, -0.05) is 31.4 Å². The number of rotatable bonds is 1. The maximum absolute atomic E-state index is 5.85. The molecule has 2 nitrogen and oxygen atoms in total. The normalized spacial score (nSPS) is 27.6. The first-order valence-electron chi connectivity index (χ1n) is 5.23. The fourth-order valence-electron chi connectivity index (χ4n) is 2.27. The van der Waals surface area contributed by atoms with Crippen molar-refractivity contribution in [3.8, 4) is 0 Å². The van der Waals surface area contributed by atoms with Gasteiger partial charge in [0.1, 0.15) is 11.5 Å². The van der Waals surface area contributed by atoms with Crippen LogP contribution in [0.25, 0.3) is 0 Å². The second-order valence-electron chi connectivity index (χ2n) is 4.23. The summed E-state index contributed by atoms with van der Waals surface area (Å²) in [5.41, 5.74) is 1.12. The van der Waals surface area contributed by atoms with Crippen molar-refractivity contribution in [2.24, 2.45) is 5.92 Å². The van der Waals surface area contributed by atoms with E-state index in [0.29, 0.717) is 11.1 Å². The molecule has 0 amide bonds. The lowest BCUT2D eigenvalue weighted by atomic mass is 9.81. The zero-order valence-corrected chi connectivity index (χ0v) is 9.17. The molecule has 1 saturated carbocycles. The molecule has 76 valence electrons. The number of halogens is 1. The first-order valence-corrected chi connectivity index (χ1v) is 5.61. The van der Waals surface area contributed by atoms with Gasteiger partial charge >= 0.3 is 0 Å². The van der Waals surface area contributed by atoms with Crippen LogP contribution in [0.1, 0.15) is 44.2 Å². The number of hydrogen-bond acceptors (Lipinski definition) is 2. The van der Waals surface area contributed by atoms with E-state index in [-0.39, 0.29) is 0 Å². The van der Waals surface area contributed by atoms with Gasteiger partial charge in [-0.15, -0.1) is 0 Å². The van der Waals surface area contributed by atoms with Gasteiger partial charge in [0.25, 0.3) is 0 Å². The Hall–Kier alpha value is -0.630. The summed E-state index contributed by atoms with van der Waals surface area (Å²) in [6.45, 7) is 2.31. The predicted octanol–water partition coefficient (Wildman–Crippen LogP) is 3.42. The van der Waals surface area contributed by atoms with Crippen molar-refractivity contribution in [3.63, 3.8) is 0 Å². The molecule has 0 saturated heterocycles. The molecule has 1 fully saturated rings. The van der Waals surface area contributed by atoms with Gasteiger partial charge in [0.2, 0.25) is 0 Å². The fourth-order valence-corrected chi connectivity index (χ4v) is 2.43. The van der Waals surface area contributed by atoms with Crippen molar-refractivity contribution in [1.29, 1.82) is 0 Å². The van der Waals surface area contributed by atoms with E-state index >= 15 is 0 Å².